The highest BCUT2D eigenvalue weighted by atomic mass is 15.2. The molecule has 0 saturated carbocycles. The zero-order valence-corrected chi connectivity index (χ0v) is 24.5. The molecule has 0 N–H and O–H groups in total. The Balaban J connectivity index is 0. The minimum absolute atomic E-state index is 0. The second-order valence-corrected chi connectivity index (χ2v) is 13.4. The summed E-state index contributed by atoms with van der Waals surface area (Å²) in [6.45, 7) is 30.5. The summed E-state index contributed by atoms with van der Waals surface area (Å²) in [4.78, 5) is 7.67. The van der Waals surface area contributed by atoms with Crippen LogP contribution >= 0.6 is 0 Å². The molecule has 3 nitrogen and oxygen atoms in total. The van der Waals surface area contributed by atoms with E-state index in [4.69, 9.17) is 0 Å². The van der Waals surface area contributed by atoms with Crippen LogP contribution in [0, 0.1) is 11.8 Å². The molecule has 1 aromatic rings. The Kier molecular flexibility index (Phi) is 17.5. The third-order valence-corrected chi connectivity index (χ3v) is 8.07. The first-order chi connectivity index (χ1) is 15.8. The number of hydrogen-bond acceptors (Lipinski definition) is 3. The van der Waals surface area contributed by atoms with Crippen molar-refractivity contribution >= 4 is 0 Å². The summed E-state index contributed by atoms with van der Waals surface area (Å²) in [6, 6.07) is 9.49. The first-order valence-corrected chi connectivity index (χ1v) is 14.1. The molecule has 0 radical (unpaired) electrons. The lowest BCUT2D eigenvalue weighted by Gasteiger charge is -2.40. The molecule has 0 unspecified atom stereocenters. The summed E-state index contributed by atoms with van der Waals surface area (Å²) >= 11 is 0. The van der Waals surface area contributed by atoms with Gasteiger partial charge in [-0.2, -0.15) is 0 Å². The van der Waals surface area contributed by atoms with Gasteiger partial charge in [0.1, 0.15) is 0 Å². The second kappa shape index (κ2) is 16.9. The van der Waals surface area contributed by atoms with Gasteiger partial charge in [0.2, 0.25) is 0 Å². The van der Waals surface area contributed by atoms with Gasteiger partial charge in [-0.25, -0.2) is 0 Å². The average Bonchev–Trinajstić information content (AvgIpc) is 3.20. The fraction of sp³-hybridized carbons (Fsp3) is 0.824. The van der Waals surface area contributed by atoms with Crippen LogP contribution in [0.1, 0.15) is 128 Å². The first kappa shape index (κ1) is 38.2. The topological polar surface area (TPSA) is 9.72 Å². The number of rotatable bonds is 1. The SMILES string of the molecule is C.C.C.CC(C)(C)N1Cc2ccccc2C1.CC1CCN(C(C)(C)C)CC1.CC1CCN(C(C)C)CC1. The van der Waals surface area contributed by atoms with E-state index in [0.29, 0.717) is 11.1 Å². The number of fused-ring (bicyclic) bond motifs is 1. The number of likely N-dealkylation sites (tertiary alicyclic amines) is 2. The van der Waals surface area contributed by atoms with E-state index in [-0.39, 0.29) is 22.3 Å². The Hall–Kier alpha value is -0.900. The van der Waals surface area contributed by atoms with Crippen LogP contribution in [-0.4, -0.2) is 58.0 Å². The molecule has 0 aromatic heterocycles. The van der Waals surface area contributed by atoms with Gasteiger partial charge < -0.3 is 4.90 Å². The Morgan fingerprint density at radius 3 is 1.30 bits per heavy atom. The fourth-order valence-corrected chi connectivity index (χ4v) is 5.03. The van der Waals surface area contributed by atoms with Gasteiger partial charge in [0.15, 0.2) is 0 Å². The predicted molar refractivity (Wildman–Crippen MR) is 170 cm³/mol. The van der Waals surface area contributed by atoms with Crippen molar-refractivity contribution in [2.45, 2.75) is 147 Å². The molecule has 3 heterocycles. The molecule has 1 aromatic carbocycles. The highest BCUT2D eigenvalue weighted by Gasteiger charge is 2.27. The van der Waals surface area contributed by atoms with E-state index in [9.17, 15) is 0 Å². The zero-order chi connectivity index (χ0) is 25.5. The molecule has 2 saturated heterocycles. The van der Waals surface area contributed by atoms with Gasteiger partial charge in [-0.3, -0.25) is 9.80 Å². The van der Waals surface area contributed by atoms with Crippen molar-refractivity contribution in [3.8, 4) is 0 Å². The summed E-state index contributed by atoms with van der Waals surface area (Å²) in [7, 11) is 0. The molecule has 0 amide bonds. The molecule has 0 aliphatic carbocycles. The Morgan fingerprint density at radius 2 is 0.973 bits per heavy atom. The molecule has 3 heteroatoms. The van der Waals surface area contributed by atoms with Gasteiger partial charge in [-0.1, -0.05) is 60.4 Å². The average molecular weight is 520 g/mol. The van der Waals surface area contributed by atoms with Gasteiger partial charge in [-0.15, -0.1) is 0 Å². The molecule has 2 fully saturated rings. The maximum atomic E-state index is 2.59. The van der Waals surface area contributed by atoms with Crippen LogP contribution in [0.3, 0.4) is 0 Å². The molecule has 37 heavy (non-hydrogen) atoms. The van der Waals surface area contributed by atoms with Gasteiger partial charge in [0.05, 0.1) is 0 Å². The van der Waals surface area contributed by atoms with E-state index in [0.717, 1.165) is 31.0 Å². The van der Waals surface area contributed by atoms with Crippen LogP contribution in [0.25, 0.3) is 0 Å². The molecule has 3 aliphatic rings. The van der Waals surface area contributed by atoms with Crippen molar-refractivity contribution in [3.05, 3.63) is 35.4 Å². The number of benzene rings is 1. The number of piperidine rings is 2. The van der Waals surface area contributed by atoms with Crippen LogP contribution in [0.4, 0.5) is 0 Å². The maximum absolute atomic E-state index is 2.59. The molecule has 0 atom stereocenters. The van der Waals surface area contributed by atoms with E-state index >= 15 is 0 Å². The van der Waals surface area contributed by atoms with Crippen LogP contribution in [0.2, 0.25) is 0 Å². The van der Waals surface area contributed by atoms with Crippen molar-refractivity contribution in [2.24, 2.45) is 11.8 Å². The summed E-state index contributed by atoms with van der Waals surface area (Å²) < 4.78 is 0. The standard InChI is InChI=1S/C12H17N.C10H21N.C9H19N.3CH4/c1-12(2,3)13-8-10-6-4-5-7-11(10)9-13;1-9-5-7-11(8-6-9)10(2,3)4;1-8(2)10-6-4-9(3)5-7-10;;;/h4-7H,8-9H2,1-3H3;9H,5-8H2,1-4H3;8-9H,4-7H2,1-3H3;3*1H4. The van der Waals surface area contributed by atoms with Crippen LogP contribution in [0.5, 0.6) is 0 Å². The largest absolute Gasteiger partial charge is 0.301 e. The van der Waals surface area contributed by atoms with E-state index < -0.39 is 0 Å². The Bertz CT molecular complexity index is 672. The minimum atomic E-state index is 0. The molecular weight excluding hydrogens is 450 g/mol. The lowest BCUT2D eigenvalue weighted by Crippen LogP contribution is -2.45. The Labute approximate surface area is 235 Å². The molecule has 220 valence electrons. The molecule has 0 spiro atoms. The summed E-state index contributed by atoms with van der Waals surface area (Å²) in [5.41, 5.74) is 3.67. The highest BCUT2D eigenvalue weighted by Crippen LogP contribution is 2.28. The molecule has 4 rings (SSSR count). The van der Waals surface area contributed by atoms with Gasteiger partial charge in [-0.05, 0) is 130 Å². The minimum Gasteiger partial charge on any atom is -0.301 e. The van der Waals surface area contributed by atoms with E-state index in [1.807, 2.05) is 0 Å². The van der Waals surface area contributed by atoms with Gasteiger partial charge in [0.25, 0.3) is 0 Å². The molecular formula is C34H69N3. The van der Waals surface area contributed by atoms with Gasteiger partial charge in [0, 0.05) is 30.2 Å². The maximum Gasteiger partial charge on any atom is 0.0245 e. The first-order valence-electron chi connectivity index (χ1n) is 14.1. The van der Waals surface area contributed by atoms with Gasteiger partial charge >= 0.3 is 0 Å². The predicted octanol–water partition coefficient (Wildman–Crippen LogP) is 9.35. The molecule has 0 bridgehead atoms. The third-order valence-electron chi connectivity index (χ3n) is 8.07. The van der Waals surface area contributed by atoms with Crippen LogP contribution < -0.4 is 0 Å². The monoisotopic (exact) mass is 520 g/mol. The van der Waals surface area contributed by atoms with Crippen molar-refractivity contribution < 1.29 is 0 Å². The summed E-state index contributed by atoms with van der Waals surface area (Å²) in [6.07, 6.45) is 5.57. The van der Waals surface area contributed by atoms with Crippen molar-refractivity contribution in [3.63, 3.8) is 0 Å². The van der Waals surface area contributed by atoms with E-state index in [1.165, 1.54) is 63.0 Å². The van der Waals surface area contributed by atoms with Crippen molar-refractivity contribution in [1.29, 1.82) is 0 Å². The van der Waals surface area contributed by atoms with Crippen LogP contribution in [-0.2, 0) is 13.1 Å². The summed E-state index contributed by atoms with van der Waals surface area (Å²) in [5.74, 6) is 1.92. The van der Waals surface area contributed by atoms with Crippen molar-refractivity contribution in [2.75, 3.05) is 26.2 Å². The smallest absolute Gasteiger partial charge is 0.0245 e. The summed E-state index contributed by atoms with van der Waals surface area (Å²) in [5, 5.41) is 0. The number of nitrogens with zero attached hydrogens (tertiary/aromatic N) is 3. The van der Waals surface area contributed by atoms with Crippen molar-refractivity contribution in [1.82, 2.24) is 14.7 Å². The Morgan fingerprint density at radius 1 is 0.622 bits per heavy atom. The molecule has 3 aliphatic heterocycles. The van der Waals surface area contributed by atoms with E-state index in [2.05, 4.69) is 108 Å². The highest BCUT2D eigenvalue weighted by molar-refractivity contribution is 5.30. The normalized spacial score (nSPS) is 19.8. The second-order valence-electron chi connectivity index (χ2n) is 13.4. The van der Waals surface area contributed by atoms with E-state index in [1.54, 1.807) is 0 Å². The third kappa shape index (κ3) is 13.1. The quantitative estimate of drug-likeness (QED) is 0.366. The lowest BCUT2D eigenvalue weighted by atomic mass is 9.95. The lowest BCUT2D eigenvalue weighted by molar-refractivity contribution is 0.0916. The zero-order valence-electron chi connectivity index (χ0n) is 24.5. The fourth-order valence-electron chi connectivity index (χ4n) is 5.03. The van der Waals surface area contributed by atoms with Crippen LogP contribution in [0.15, 0.2) is 24.3 Å². The number of hydrogen-bond donors (Lipinski definition) is 0.